The van der Waals surface area contributed by atoms with E-state index in [1.807, 2.05) is 59.5 Å². The molecule has 2 aromatic rings. The smallest absolute Gasteiger partial charge is 0.251 e. The van der Waals surface area contributed by atoms with Gasteiger partial charge in [0.05, 0.1) is 12.5 Å². The maximum Gasteiger partial charge on any atom is 0.251 e. The molecular weight excluding hydrogens is 400 g/mol. The van der Waals surface area contributed by atoms with Gasteiger partial charge >= 0.3 is 0 Å². The first-order valence-corrected chi connectivity index (χ1v) is 11.9. The molecule has 2 amide bonds. The summed E-state index contributed by atoms with van der Waals surface area (Å²) in [5.74, 6) is 1.77. The van der Waals surface area contributed by atoms with Crippen molar-refractivity contribution in [2.75, 3.05) is 20.2 Å². The second kappa shape index (κ2) is 8.27. The van der Waals surface area contributed by atoms with Crippen molar-refractivity contribution in [3.05, 3.63) is 65.7 Å². The monoisotopic (exact) mass is 432 g/mol. The molecule has 32 heavy (non-hydrogen) atoms. The van der Waals surface area contributed by atoms with E-state index in [0.29, 0.717) is 24.6 Å². The van der Waals surface area contributed by atoms with E-state index in [-0.39, 0.29) is 22.8 Å². The first kappa shape index (κ1) is 21.0. The van der Waals surface area contributed by atoms with Gasteiger partial charge in [0.2, 0.25) is 5.91 Å². The molecule has 0 spiro atoms. The van der Waals surface area contributed by atoms with Crippen molar-refractivity contribution in [1.29, 1.82) is 0 Å². The van der Waals surface area contributed by atoms with Crippen LogP contribution in [0.25, 0.3) is 0 Å². The van der Waals surface area contributed by atoms with Crippen LogP contribution >= 0.6 is 0 Å². The summed E-state index contributed by atoms with van der Waals surface area (Å²) in [6, 6.07) is 17.4. The third kappa shape index (κ3) is 4.13. The molecule has 5 rings (SSSR count). The molecule has 3 fully saturated rings. The number of methoxy groups -OCH3 is 1. The Morgan fingerprint density at radius 3 is 2.19 bits per heavy atom. The summed E-state index contributed by atoms with van der Waals surface area (Å²) in [5.41, 5.74) is 1.23. The van der Waals surface area contributed by atoms with Crippen LogP contribution in [0, 0.1) is 5.92 Å². The molecule has 1 N–H and O–H groups in total. The van der Waals surface area contributed by atoms with Crippen LogP contribution in [0.15, 0.2) is 54.6 Å². The predicted molar refractivity (Wildman–Crippen MR) is 124 cm³/mol. The molecule has 1 aliphatic heterocycles. The fourth-order valence-electron chi connectivity index (χ4n) is 5.26. The molecule has 2 aliphatic carbocycles. The molecule has 168 valence electrons. The van der Waals surface area contributed by atoms with Crippen LogP contribution in [-0.2, 0) is 10.2 Å². The quantitative estimate of drug-likeness (QED) is 0.709. The maximum atomic E-state index is 13.5. The van der Waals surface area contributed by atoms with Gasteiger partial charge in [0.1, 0.15) is 5.75 Å². The number of rotatable bonds is 7. The molecule has 1 heterocycles. The number of nitrogens with zero attached hydrogens (tertiary/aromatic N) is 1. The minimum absolute atomic E-state index is 0.00271. The van der Waals surface area contributed by atoms with Crippen LogP contribution in [0.3, 0.4) is 0 Å². The molecule has 1 saturated heterocycles. The Hall–Kier alpha value is -2.82. The summed E-state index contributed by atoms with van der Waals surface area (Å²) in [6.07, 6.45) is 7.01. The zero-order valence-corrected chi connectivity index (χ0v) is 18.8. The Labute approximate surface area is 190 Å². The highest BCUT2D eigenvalue weighted by molar-refractivity contribution is 5.95. The fraction of sp³-hybridized carbons (Fsp3) is 0.481. The standard InChI is InChI=1S/C27H32N2O3/c1-32-23-11-9-22(10-12-23)27(13-14-27)25(31)29-17-15-26(16-18-29,19-20-7-8-20)28-24(30)21-5-3-2-4-6-21/h2-6,9-12,20H,7-8,13-19H2,1H3,(H,28,30). The fourth-order valence-corrected chi connectivity index (χ4v) is 5.26. The van der Waals surface area contributed by atoms with E-state index < -0.39 is 0 Å². The number of hydrogen-bond acceptors (Lipinski definition) is 3. The Balaban J connectivity index is 1.27. The lowest BCUT2D eigenvalue weighted by molar-refractivity contribution is -0.135. The second-order valence-electron chi connectivity index (χ2n) is 9.85. The van der Waals surface area contributed by atoms with Gasteiger partial charge in [-0.3, -0.25) is 9.59 Å². The molecular formula is C27H32N2O3. The maximum absolute atomic E-state index is 13.5. The summed E-state index contributed by atoms with van der Waals surface area (Å²) in [7, 11) is 1.66. The molecule has 2 saturated carbocycles. The highest BCUT2D eigenvalue weighted by atomic mass is 16.5. The summed E-state index contributed by atoms with van der Waals surface area (Å²) in [5, 5.41) is 3.39. The van der Waals surface area contributed by atoms with Gasteiger partial charge in [-0.25, -0.2) is 0 Å². The van der Waals surface area contributed by atoms with Crippen molar-refractivity contribution in [3.8, 4) is 5.75 Å². The number of carbonyl (C=O) groups excluding carboxylic acids is 2. The van der Waals surface area contributed by atoms with Gasteiger partial charge in [0, 0.05) is 24.2 Å². The Bertz CT molecular complexity index is 970. The van der Waals surface area contributed by atoms with Crippen molar-refractivity contribution in [2.24, 2.45) is 5.92 Å². The molecule has 3 aliphatic rings. The first-order valence-electron chi connectivity index (χ1n) is 11.9. The molecule has 0 unspecified atom stereocenters. The number of benzene rings is 2. The average molecular weight is 433 g/mol. The van der Waals surface area contributed by atoms with E-state index in [1.165, 1.54) is 12.8 Å². The molecule has 2 aromatic carbocycles. The van der Waals surface area contributed by atoms with Crippen LogP contribution in [0.2, 0.25) is 0 Å². The number of nitrogens with one attached hydrogen (secondary N) is 1. The number of carbonyl (C=O) groups is 2. The zero-order valence-electron chi connectivity index (χ0n) is 18.8. The van der Waals surface area contributed by atoms with Gasteiger partial charge in [0.25, 0.3) is 5.91 Å². The highest BCUT2D eigenvalue weighted by Gasteiger charge is 2.54. The predicted octanol–water partition coefficient (Wildman–Crippen LogP) is 4.32. The van der Waals surface area contributed by atoms with Crippen molar-refractivity contribution in [3.63, 3.8) is 0 Å². The van der Waals surface area contributed by atoms with Gasteiger partial charge in [-0.15, -0.1) is 0 Å². The van der Waals surface area contributed by atoms with E-state index in [0.717, 1.165) is 43.4 Å². The third-order valence-corrected chi connectivity index (χ3v) is 7.60. The van der Waals surface area contributed by atoms with Crippen molar-refractivity contribution < 1.29 is 14.3 Å². The van der Waals surface area contributed by atoms with Crippen LogP contribution < -0.4 is 10.1 Å². The van der Waals surface area contributed by atoms with Crippen molar-refractivity contribution in [2.45, 2.75) is 55.9 Å². The van der Waals surface area contributed by atoms with Gasteiger partial charge in [-0.05, 0) is 67.9 Å². The lowest BCUT2D eigenvalue weighted by atomic mass is 9.81. The Kier molecular flexibility index (Phi) is 5.44. The SMILES string of the molecule is COc1ccc(C2(C(=O)N3CCC(CC4CC4)(NC(=O)c4ccccc4)CC3)CC2)cc1. The minimum Gasteiger partial charge on any atom is -0.497 e. The van der Waals surface area contributed by atoms with Crippen LogP contribution in [0.4, 0.5) is 0 Å². The topological polar surface area (TPSA) is 58.6 Å². The van der Waals surface area contributed by atoms with Gasteiger partial charge in [-0.1, -0.05) is 43.2 Å². The molecule has 0 radical (unpaired) electrons. The Morgan fingerprint density at radius 1 is 0.969 bits per heavy atom. The summed E-state index contributed by atoms with van der Waals surface area (Å²) < 4.78 is 5.27. The lowest BCUT2D eigenvalue weighted by Gasteiger charge is -2.43. The van der Waals surface area contributed by atoms with Gasteiger partial charge < -0.3 is 15.0 Å². The average Bonchev–Trinajstić information content (AvgIpc) is 3.76. The number of piperidine rings is 1. The van der Waals surface area contributed by atoms with Crippen LogP contribution in [0.5, 0.6) is 5.75 Å². The minimum atomic E-state index is -0.365. The molecule has 5 heteroatoms. The molecule has 0 bridgehead atoms. The second-order valence-corrected chi connectivity index (χ2v) is 9.85. The van der Waals surface area contributed by atoms with E-state index in [9.17, 15) is 9.59 Å². The third-order valence-electron chi connectivity index (χ3n) is 7.60. The first-order chi connectivity index (χ1) is 15.5. The van der Waals surface area contributed by atoms with E-state index >= 15 is 0 Å². The summed E-state index contributed by atoms with van der Waals surface area (Å²) >= 11 is 0. The lowest BCUT2D eigenvalue weighted by Crippen LogP contribution is -2.57. The number of likely N-dealkylation sites (tertiary alicyclic amines) is 1. The molecule has 5 nitrogen and oxygen atoms in total. The van der Waals surface area contributed by atoms with E-state index in [4.69, 9.17) is 4.74 Å². The number of amides is 2. The van der Waals surface area contributed by atoms with Gasteiger partial charge in [0.15, 0.2) is 0 Å². The van der Waals surface area contributed by atoms with Crippen molar-refractivity contribution >= 4 is 11.8 Å². The zero-order chi connectivity index (χ0) is 22.2. The van der Waals surface area contributed by atoms with Crippen molar-refractivity contribution in [1.82, 2.24) is 10.2 Å². The largest absolute Gasteiger partial charge is 0.497 e. The van der Waals surface area contributed by atoms with Crippen LogP contribution in [0.1, 0.15) is 60.9 Å². The number of ether oxygens (including phenoxy) is 1. The normalized spacial score (nSPS) is 21.0. The molecule has 0 aromatic heterocycles. The van der Waals surface area contributed by atoms with E-state index in [1.54, 1.807) is 7.11 Å². The molecule has 0 atom stereocenters. The Morgan fingerprint density at radius 2 is 1.62 bits per heavy atom. The van der Waals surface area contributed by atoms with Crippen LogP contribution in [-0.4, -0.2) is 42.5 Å². The van der Waals surface area contributed by atoms with Gasteiger partial charge in [-0.2, -0.15) is 0 Å². The summed E-state index contributed by atoms with van der Waals surface area (Å²) in [6.45, 7) is 1.41. The number of hydrogen-bond donors (Lipinski definition) is 1. The highest BCUT2D eigenvalue weighted by Crippen LogP contribution is 2.50. The summed E-state index contributed by atoms with van der Waals surface area (Å²) in [4.78, 5) is 28.5. The van der Waals surface area contributed by atoms with E-state index in [2.05, 4.69) is 5.32 Å².